The van der Waals surface area contributed by atoms with Crippen molar-refractivity contribution in [2.75, 3.05) is 24.9 Å². The molecule has 50 heavy (non-hydrogen) atoms. The summed E-state index contributed by atoms with van der Waals surface area (Å²) in [6.07, 6.45) is -13.8. The van der Waals surface area contributed by atoms with E-state index in [9.17, 15) is 28.4 Å². The zero-order valence-corrected chi connectivity index (χ0v) is 28.4. The number of fused-ring (bicyclic) bond motifs is 3. The van der Waals surface area contributed by atoms with Crippen LogP contribution >= 0.6 is 26.0 Å². The molecule has 3 aromatic rings. The van der Waals surface area contributed by atoms with E-state index >= 15 is 8.78 Å². The van der Waals surface area contributed by atoms with Crippen LogP contribution in [0, 0.1) is 0 Å². The summed E-state index contributed by atoms with van der Waals surface area (Å²) in [6, 6.07) is 0.904. The molecule has 0 amide bonds. The number of hydrogen-bond donors (Lipinski definition) is 3. The summed E-state index contributed by atoms with van der Waals surface area (Å²) >= 11 is 0.264. The monoisotopic (exact) mass is 771 g/mol. The van der Waals surface area contributed by atoms with Gasteiger partial charge in [-0.3, -0.25) is 37.0 Å². The summed E-state index contributed by atoms with van der Waals surface area (Å²) in [4.78, 5) is 60.4. The number of phosphoric acid groups is 1. The van der Waals surface area contributed by atoms with Gasteiger partial charge in [0.25, 0.3) is 5.56 Å². The van der Waals surface area contributed by atoms with Gasteiger partial charge in [0.2, 0.25) is 0 Å². The van der Waals surface area contributed by atoms with E-state index in [1.165, 1.54) is 0 Å². The largest absolute Gasteiger partial charge is 0.509 e. The van der Waals surface area contributed by atoms with Crippen molar-refractivity contribution < 1.29 is 64.6 Å². The van der Waals surface area contributed by atoms with Crippen molar-refractivity contribution >= 4 is 49.1 Å². The van der Waals surface area contributed by atoms with Crippen LogP contribution in [0.3, 0.4) is 0 Å². The van der Waals surface area contributed by atoms with Crippen LogP contribution in [0.5, 0.6) is 0 Å². The number of anilines is 1. The summed E-state index contributed by atoms with van der Waals surface area (Å²) in [7, 11) is -5.22. The van der Waals surface area contributed by atoms with E-state index in [-0.39, 0.29) is 28.4 Å². The molecule has 6 rings (SSSR count). The lowest BCUT2D eigenvalue weighted by Crippen LogP contribution is -2.38. The number of carbonyl (C=O) groups is 1. The molecule has 3 aliphatic rings. The Morgan fingerprint density at radius 2 is 1.74 bits per heavy atom. The summed E-state index contributed by atoms with van der Waals surface area (Å²) < 4.78 is 104. The Bertz CT molecular complexity index is 1950. The lowest BCUT2D eigenvalue weighted by molar-refractivity contribution is -0.0619. The van der Waals surface area contributed by atoms with Crippen molar-refractivity contribution in [2.45, 2.75) is 69.2 Å². The highest BCUT2D eigenvalue weighted by Crippen LogP contribution is 2.64. The summed E-state index contributed by atoms with van der Waals surface area (Å²) in [5.74, 6) is -0.742. The van der Waals surface area contributed by atoms with E-state index < -0.39 is 106 Å². The number of carbonyl (C=O) groups excluding carboxylic acids is 1. The maximum atomic E-state index is 16.1. The smallest absolute Gasteiger partial charge is 0.432 e. The molecular formula is C24H29F2N7O14P2S. The Kier molecular flexibility index (Phi) is 10.5. The maximum Gasteiger partial charge on any atom is 0.509 e. The van der Waals surface area contributed by atoms with Gasteiger partial charge < -0.3 is 29.6 Å². The average molecular weight is 772 g/mol. The number of halogens is 2. The van der Waals surface area contributed by atoms with Crippen molar-refractivity contribution in [3.05, 3.63) is 45.8 Å². The normalized spacial score (nSPS) is 34.8. The first-order chi connectivity index (χ1) is 23.6. The molecule has 2 unspecified atom stereocenters. The minimum absolute atomic E-state index is 0.0253. The number of imidazole rings is 1. The van der Waals surface area contributed by atoms with Gasteiger partial charge in [-0.1, -0.05) is 0 Å². The molecule has 3 saturated heterocycles. The number of nitrogens with zero attached hydrogens (tertiary/aromatic N) is 5. The second-order valence-electron chi connectivity index (χ2n) is 11.1. The second kappa shape index (κ2) is 14.4. The average Bonchev–Trinajstić information content (AvgIpc) is 3.69. The van der Waals surface area contributed by atoms with Gasteiger partial charge in [-0.15, -0.1) is 0 Å². The molecule has 26 heteroatoms. The number of nitrogens with two attached hydrogens (primary N) is 1. The number of phosphoric ester groups is 1. The minimum atomic E-state index is -5.22. The van der Waals surface area contributed by atoms with Crippen LogP contribution in [0.15, 0.2) is 34.5 Å². The van der Waals surface area contributed by atoms with Gasteiger partial charge >= 0.3 is 26.5 Å². The molecular weight excluding hydrogens is 742 g/mol. The third-order valence-electron chi connectivity index (χ3n) is 7.34. The lowest BCUT2D eigenvalue weighted by atomic mass is 10.1. The van der Waals surface area contributed by atoms with Gasteiger partial charge in [0, 0.05) is 23.6 Å². The minimum Gasteiger partial charge on any atom is -0.432 e. The number of rotatable bonds is 6. The van der Waals surface area contributed by atoms with Crippen LogP contribution in [0.4, 0.5) is 19.4 Å². The van der Waals surface area contributed by atoms with Crippen molar-refractivity contribution in [3.8, 4) is 0 Å². The van der Waals surface area contributed by atoms with Gasteiger partial charge in [0.15, 0.2) is 42.2 Å². The fourth-order valence-electron chi connectivity index (χ4n) is 5.17. The van der Waals surface area contributed by atoms with E-state index in [1.807, 2.05) is 4.98 Å². The molecule has 4 N–H and O–H groups in total. The van der Waals surface area contributed by atoms with Crippen molar-refractivity contribution in [3.63, 3.8) is 0 Å². The van der Waals surface area contributed by atoms with Gasteiger partial charge in [-0.05, 0) is 13.8 Å². The number of nitrogen functional groups attached to an aromatic ring is 1. The molecule has 3 fully saturated rings. The first-order valence-corrected chi connectivity index (χ1v) is 19.2. The number of hydrogen-bond acceptors (Lipinski definition) is 18. The number of ether oxygens (including phenoxy) is 4. The molecule has 274 valence electrons. The van der Waals surface area contributed by atoms with Crippen LogP contribution in [-0.4, -0.2) is 102 Å². The Morgan fingerprint density at radius 1 is 1.08 bits per heavy atom. The number of aromatic amines is 1. The molecule has 0 bridgehead atoms. The lowest BCUT2D eigenvalue weighted by Gasteiger charge is -2.29. The van der Waals surface area contributed by atoms with E-state index in [2.05, 4.69) is 15.0 Å². The Morgan fingerprint density at radius 3 is 2.42 bits per heavy atom. The SMILES string of the molecule is CC(C)OC(=O)OCSP1(=O)OC[C@H]2O[C@@H](n3cnc4c(N)ncnc43)[C@H](F)[C@@H]2OP(=O)(O)OC[C@H]2O[C@@H](n3ccc(=O)[nH]c3=O)[C@H](F)[C@@H]2O1. The molecule has 0 aromatic carbocycles. The van der Waals surface area contributed by atoms with Gasteiger partial charge in [-0.2, -0.15) is 0 Å². The van der Waals surface area contributed by atoms with Crippen LogP contribution in [0.25, 0.3) is 11.2 Å². The predicted molar refractivity (Wildman–Crippen MR) is 163 cm³/mol. The van der Waals surface area contributed by atoms with Gasteiger partial charge in [-0.25, -0.2) is 42.5 Å². The molecule has 0 spiro atoms. The Balaban J connectivity index is 1.31. The number of aromatic nitrogens is 6. The maximum absolute atomic E-state index is 16.1. The topological polar surface area (TPSA) is 270 Å². The third kappa shape index (κ3) is 7.64. The van der Waals surface area contributed by atoms with Crippen molar-refractivity contribution in [1.29, 1.82) is 0 Å². The molecule has 6 heterocycles. The highest BCUT2D eigenvalue weighted by Gasteiger charge is 2.55. The van der Waals surface area contributed by atoms with Crippen molar-refractivity contribution in [2.24, 2.45) is 0 Å². The third-order valence-corrected chi connectivity index (χ3v) is 11.7. The molecule has 3 aliphatic heterocycles. The Hall–Kier alpha value is -3.31. The molecule has 0 saturated carbocycles. The van der Waals surface area contributed by atoms with Crippen LogP contribution < -0.4 is 17.0 Å². The van der Waals surface area contributed by atoms with E-state index in [0.29, 0.717) is 4.57 Å². The highest BCUT2D eigenvalue weighted by molar-refractivity contribution is 8.55. The predicted octanol–water partition coefficient (Wildman–Crippen LogP) is 1.71. The fraction of sp³-hybridized carbons (Fsp3) is 0.583. The van der Waals surface area contributed by atoms with E-state index in [1.54, 1.807) is 13.8 Å². The molecule has 0 radical (unpaired) electrons. The Labute approximate surface area is 282 Å². The fourth-order valence-corrected chi connectivity index (χ4v) is 8.91. The van der Waals surface area contributed by atoms with Crippen LogP contribution in [-0.2, 0) is 46.2 Å². The summed E-state index contributed by atoms with van der Waals surface area (Å²) in [6.45, 7) is -3.47. The van der Waals surface area contributed by atoms with E-state index in [0.717, 1.165) is 29.5 Å². The zero-order valence-electron chi connectivity index (χ0n) is 25.8. The summed E-state index contributed by atoms with van der Waals surface area (Å²) in [5, 5.41) is 0. The van der Waals surface area contributed by atoms with Gasteiger partial charge in [0.1, 0.15) is 36.3 Å². The number of alkyl halides is 2. The zero-order chi connectivity index (χ0) is 36.0. The van der Waals surface area contributed by atoms with E-state index in [4.69, 9.17) is 42.8 Å². The van der Waals surface area contributed by atoms with Gasteiger partial charge in [0.05, 0.1) is 25.6 Å². The quantitative estimate of drug-likeness (QED) is 0.183. The molecule has 10 atom stereocenters. The summed E-state index contributed by atoms with van der Waals surface area (Å²) in [5.41, 5.74) is 4.09. The first kappa shape index (κ1) is 36.5. The van der Waals surface area contributed by atoms with Crippen molar-refractivity contribution in [1.82, 2.24) is 29.1 Å². The second-order valence-corrected chi connectivity index (χ2v) is 16.5. The van der Waals surface area contributed by atoms with Crippen LogP contribution in [0.2, 0.25) is 0 Å². The molecule has 3 aromatic heterocycles. The molecule has 0 aliphatic carbocycles. The van der Waals surface area contributed by atoms with Crippen LogP contribution in [0.1, 0.15) is 26.3 Å². The standard InChI is InChI=1S/C24H29F2N7O14P2S/c1-10(2)43-24(36)40-9-50-49(39)42-6-12-17(14(25)22(45-12)33-8-30-16-19(27)28-7-29-20(16)33)46-48(37,38)41-5-11-18(47-49)15(26)21(44-11)32-4-3-13(34)31-23(32)35/h3-4,7-8,10-12,14-15,17-18,21-22H,5-6,9H2,1-2H3,(H,37,38)(H2,27,28,29)(H,31,34,35)/t11-,12-,14-,15-,17-,18-,21-,22-,49?/m1/s1. The highest BCUT2D eigenvalue weighted by atomic mass is 32.7. The number of H-pyrrole nitrogens is 1. The number of nitrogens with one attached hydrogen (secondary N) is 1. The molecule has 21 nitrogen and oxygen atoms in total. The first-order valence-electron chi connectivity index (χ1n) is 14.5.